The Hall–Kier alpha value is -2.06. The number of amides is 1. The third-order valence-electron chi connectivity index (χ3n) is 2.32. The number of hydrogen-bond donors (Lipinski definition) is 0. The van der Waals surface area contributed by atoms with Crippen molar-refractivity contribution in [3.8, 4) is 0 Å². The Morgan fingerprint density at radius 3 is 2.50 bits per heavy atom. The van der Waals surface area contributed by atoms with Crippen molar-refractivity contribution in [2.45, 2.75) is 6.92 Å². The Morgan fingerprint density at radius 2 is 2.05 bits per heavy atom. The van der Waals surface area contributed by atoms with Crippen LogP contribution in [0.5, 0.6) is 0 Å². The lowest BCUT2D eigenvalue weighted by Gasteiger charge is -2.17. The third-order valence-corrected chi connectivity index (χ3v) is 3.68. The van der Waals surface area contributed by atoms with Crippen LogP contribution >= 0.6 is 22.9 Å². The Labute approximate surface area is 121 Å². The average Bonchev–Trinajstić information content (AvgIpc) is 2.73. The third kappa shape index (κ3) is 2.75. The summed E-state index contributed by atoms with van der Waals surface area (Å²) < 4.78 is 12.9. The van der Waals surface area contributed by atoms with Crippen LogP contribution in [0.25, 0.3) is 0 Å². The monoisotopic (exact) mass is 315 g/mol. The molecule has 1 aromatic carbocycles. The molecule has 1 heterocycles. The molecule has 1 amide bonds. The summed E-state index contributed by atoms with van der Waals surface area (Å²) in [6.45, 7) is 1.27. The lowest BCUT2D eigenvalue weighted by molar-refractivity contribution is -0.380. The fraction of sp³-hybridized carbons (Fsp3) is 0.0909. The molecule has 0 aliphatic heterocycles. The van der Waals surface area contributed by atoms with Crippen molar-refractivity contribution >= 4 is 44.7 Å². The Kier molecular flexibility index (Phi) is 3.96. The highest BCUT2D eigenvalue weighted by Crippen LogP contribution is 2.38. The van der Waals surface area contributed by atoms with Gasteiger partial charge in [-0.1, -0.05) is 11.6 Å². The van der Waals surface area contributed by atoms with Crippen molar-refractivity contribution in [2.24, 2.45) is 0 Å². The molecule has 104 valence electrons. The minimum absolute atomic E-state index is 0.0563. The standard InChI is InChI=1S/C11H7ClFN3O3S/c1-6(17)15(8-4-2-7(13)3-5-8)11-14-9(12)10(20-11)16(18)19/h2-5H,1H3. The highest BCUT2D eigenvalue weighted by atomic mass is 35.5. The van der Waals surface area contributed by atoms with Gasteiger partial charge in [0.25, 0.3) is 0 Å². The molecule has 2 aromatic rings. The van der Waals surface area contributed by atoms with Crippen LogP contribution in [0.2, 0.25) is 5.15 Å². The van der Waals surface area contributed by atoms with Gasteiger partial charge < -0.3 is 0 Å². The first-order valence-electron chi connectivity index (χ1n) is 5.27. The van der Waals surface area contributed by atoms with E-state index in [1.54, 1.807) is 0 Å². The highest BCUT2D eigenvalue weighted by Gasteiger charge is 2.25. The maximum absolute atomic E-state index is 12.9. The van der Waals surface area contributed by atoms with Crippen LogP contribution in [-0.4, -0.2) is 15.8 Å². The maximum atomic E-state index is 12.9. The molecular weight excluding hydrogens is 309 g/mol. The highest BCUT2D eigenvalue weighted by molar-refractivity contribution is 7.19. The van der Waals surface area contributed by atoms with Gasteiger partial charge in [0, 0.05) is 6.92 Å². The zero-order valence-corrected chi connectivity index (χ0v) is 11.6. The summed E-state index contributed by atoms with van der Waals surface area (Å²) in [6, 6.07) is 5.10. The van der Waals surface area contributed by atoms with Crippen molar-refractivity contribution in [1.82, 2.24) is 4.98 Å². The fourth-order valence-electron chi connectivity index (χ4n) is 1.51. The normalized spacial score (nSPS) is 10.3. The minimum atomic E-state index is -0.674. The number of benzene rings is 1. The molecule has 1 aromatic heterocycles. The zero-order valence-electron chi connectivity index (χ0n) is 10.0. The average molecular weight is 316 g/mol. The maximum Gasteiger partial charge on any atom is 0.364 e. The van der Waals surface area contributed by atoms with Gasteiger partial charge in [-0.2, -0.15) is 0 Å². The van der Waals surface area contributed by atoms with Crippen molar-refractivity contribution in [1.29, 1.82) is 0 Å². The topological polar surface area (TPSA) is 76.3 Å². The first-order chi connectivity index (χ1) is 9.40. The Bertz CT molecular complexity index is 674. The summed E-state index contributed by atoms with van der Waals surface area (Å²) in [5.41, 5.74) is 0.346. The molecule has 0 spiro atoms. The lowest BCUT2D eigenvalue weighted by atomic mass is 10.3. The molecular formula is C11H7ClFN3O3S. The predicted molar refractivity (Wildman–Crippen MR) is 73.0 cm³/mol. The van der Waals surface area contributed by atoms with Crippen molar-refractivity contribution in [3.63, 3.8) is 0 Å². The van der Waals surface area contributed by atoms with Crippen molar-refractivity contribution in [2.75, 3.05) is 4.90 Å². The SMILES string of the molecule is CC(=O)N(c1ccc(F)cc1)c1nc(Cl)c([N+](=O)[O-])s1. The smallest absolute Gasteiger partial charge is 0.274 e. The number of halogens is 2. The van der Waals surface area contributed by atoms with Gasteiger partial charge in [-0.3, -0.25) is 19.8 Å². The van der Waals surface area contributed by atoms with Crippen molar-refractivity contribution < 1.29 is 14.1 Å². The van der Waals surface area contributed by atoms with E-state index in [2.05, 4.69) is 4.98 Å². The van der Waals surface area contributed by atoms with Gasteiger partial charge in [0.15, 0.2) is 0 Å². The van der Waals surface area contributed by atoms with Gasteiger partial charge in [0.1, 0.15) is 5.82 Å². The number of carbonyl (C=O) groups excluding carboxylic acids is 1. The van der Waals surface area contributed by atoms with E-state index in [0.29, 0.717) is 17.0 Å². The molecule has 20 heavy (non-hydrogen) atoms. The van der Waals surface area contributed by atoms with Gasteiger partial charge in [-0.25, -0.2) is 9.37 Å². The van der Waals surface area contributed by atoms with Gasteiger partial charge >= 0.3 is 5.00 Å². The molecule has 0 N–H and O–H groups in total. The summed E-state index contributed by atoms with van der Waals surface area (Å²) in [5.74, 6) is -0.877. The van der Waals surface area contributed by atoms with E-state index in [-0.39, 0.29) is 15.3 Å². The molecule has 0 radical (unpaired) electrons. The summed E-state index contributed by atoms with van der Waals surface area (Å²) in [5, 5.41) is 10.2. The second-order valence-corrected chi connectivity index (χ2v) is 4.99. The van der Waals surface area contributed by atoms with Gasteiger partial charge in [-0.15, -0.1) is 0 Å². The van der Waals surface area contributed by atoms with E-state index in [1.165, 1.54) is 31.2 Å². The molecule has 0 unspecified atom stereocenters. The lowest BCUT2D eigenvalue weighted by Crippen LogP contribution is -2.22. The Balaban J connectivity index is 2.49. The van der Waals surface area contributed by atoms with E-state index in [1.807, 2.05) is 0 Å². The van der Waals surface area contributed by atoms with E-state index in [4.69, 9.17) is 11.6 Å². The summed E-state index contributed by atoms with van der Waals surface area (Å²) in [7, 11) is 0. The van der Waals surface area contributed by atoms with Crippen LogP contribution in [0, 0.1) is 15.9 Å². The number of nitrogens with zero attached hydrogens (tertiary/aromatic N) is 3. The quantitative estimate of drug-likeness (QED) is 0.641. The van der Waals surface area contributed by atoms with Gasteiger partial charge in [0.05, 0.1) is 10.6 Å². The summed E-state index contributed by atoms with van der Waals surface area (Å²) in [4.78, 5) is 26.7. The van der Waals surface area contributed by atoms with E-state index < -0.39 is 16.6 Å². The fourth-order valence-corrected chi connectivity index (χ4v) is 2.66. The number of nitro groups is 1. The molecule has 6 nitrogen and oxygen atoms in total. The predicted octanol–water partition coefficient (Wildman–Crippen LogP) is 3.53. The van der Waals surface area contributed by atoms with Crippen LogP contribution in [0.3, 0.4) is 0 Å². The second-order valence-electron chi connectivity index (χ2n) is 3.68. The van der Waals surface area contributed by atoms with Crippen molar-refractivity contribution in [3.05, 3.63) is 45.4 Å². The number of rotatable bonds is 3. The van der Waals surface area contributed by atoms with Crippen LogP contribution in [-0.2, 0) is 4.79 Å². The largest absolute Gasteiger partial charge is 0.364 e. The molecule has 0 saturated carbocycles. The summed E-state index contributed by atoms with van der Waals surface area (Å²) in [6.07, 6.45) is 0. The zero-order chi connectivity index (χ0) is 14.9. The molecule has 0 atom stereocenters. The number of aromatic nitrogens is 1. The molecule has 0 saturated heterocycles. The number of hydrogen-bond acceptors (Lipinski definition) is 5. The first-order valence-corrected chi connectivity index (χ1v) is 6.46. The minimum Gasteiger partial charge on any atom is -0.274 e. The van der Waals surface area contributed by atoms with E-state index in [0.717, 1.165) is 4.90 Å². The molecule has 0 bridgehead atoms. The molecule has 2 rings (SSSR count). The van der Waals surface area contributed by atoms with Crippen LogP contribution in [0.4, 0.5) is 20.2 Å². The van der Waals surface area contributed by atoms with Gasteiger partial charge in [-0.05, 0) is 35.6 Å². The summed E-state index contributed by atoms with van der Waals surface area (Å²) >= 11 is 6.33. The first kappa shape index (κ1) is 14.4. The molecule has 0 aliphatic rings. The number of carbonyl (C=O) groups is 1. The molecule has 0 fully saturated rings. The van der Waals surface area contributed by atoms with Crippen LogP contribution < -0.4 is 4.90 Å². The number of anilines is 2. The molecule has 0 aliphatic carbocycles. The Morgan fingerprint density at radius 1 is 1.45 bits per heavy atom. The number of thiazole rings is 1. The molecule has 9 heteroatoms. The van der Waals surface area contributed by atoms with E-state index >= 15 is 0 Å². The van der Waals surface area contributed by atoms with Crippen LogP contribution in [0.1, 0.15) is 6.92 Å². The second kappa shape index (κ2) is 5.51. The van der Waals surface area contributed by atoms with Crippen LogP contribution in [0.15, 0.2) is 24.3 Å². The van der Waals surface area contributed by atoms with Gasteiger partial charge in [0.2, 0.25) is 16.2 Å². The van der Waals surface area contributed by atoms with E-state index in [9.17, 15) is 19.3 Å².